The molecule has 14 nitrogen and oxygen atoms in total. The van der Waals surface area contributed by atoms with Gasteiger partial charge in [-0.25, -0.2) is 10.6 Å². The number of pyridine rings is 1. The van der Waals surface area contributed by atoms with Gasteiger partial charge in [0.05, 0.1) is 25.2 Å². The molecule has 3 unspecified atom stereocenters. The SMILES string of the molecule is C#CCNC(=O)NCCCCC(NC(=O)C1CC(N(N)/C(=C\N)C(C)C)CN1C(=O)CNC(=O)c1ccncc1)C(C)=O. The van der Waals surface area contributed by atoms with Crippen LogP contribution in [0.2, 0.25) is 0 Å². The summed E-state index contributed by atoms with van der Waals surface area (Å²) < 4.78 is 0. The van der Waals surface area contributed by atoms with Gasteiger partial charge in [0.2, 0.25) is 11.8 Å². The minimum absolute atomic E-state index is 0.00772. The maximum absolute atomic E-state index is 13.5. The largest absolute Gasteiger partial charge is 0.403 e. The number of unbranched alkanes of at least 4 members (excludes halogenated alkanes) is 1. The van der Waals surface area contributed by atoms with Gasteiger partial charge >= 0.3 is 6.03 Å². The Bertz CT molecular complexity index is 1200. The molecule has 1 aliphatic rings. The van der Waals surface area contributed by atoms with Gasteiger partial charge in [-0.2, -0.15) is 0 Å². The van der Waals surface area contributed by atoms with E-state index in [9.17, 15) is 24.0 Å². The summed E-state index contributed by atoms with van der Waals surface area (Å²) in [6, 6.07) is 0.506. The molecule has 1 aromatic heterocycles. The van der Waals surface area contributed by atoms with E-state index in [1.165, 1.54) is 47.6 Å². The van der Waals surface area contributed by atoms with Crippen LogP contribution in [0.25, 0.3) is 0 Å². The minimum atomic E-state index is -0.934. The molecule has 2 rings (SSSR count). The zero-order chi connectivity index (χ0) is 31.9. The van der Waals surface area contributed by atoms with Crippen molar-refractivity contribution in [2.75, 3.05) is 26.2 Å². The van der Waals surface area contributed by atoms with Crippen molar-refractivity contribution in [1.82, 2.24) is 36.2 Å². The normalized spacial score (nSPS) is 17.0. The topological polar surface area (TPSA) is 205 Å². The number of hydrazine groups is 1. The van der Waals surface area contributed by atoms with Crippen molar-refractivity contribution in [3.8, 4) is 12.3 Å². The van der Waals surface area contributed by atoms with Crippen LogP contribution in [-0.2, 0) is 14.4 Å². The van der Waals surface area contributed by atoms with Crippen molar-refractivity contribution >= 4 is 29.5 Å². The Morgan fingerprint density at radius 2 is 1.86 bits per heavy atom. The van der Waals surface area contributed by atoms with Gasteiger partial charge in [-0.3, -0.25) is 24.2 Å². The number of amides is 5. The molecule has 234 valence electrons. The molecular weight excluding hydrogens is 554 g/mol. The molecule has 0 saturated carbocycles. The molecular formula is C29H43N9O5. The fourth-order valence-electron chi connectivity index (χ4n) is 4.70. The Kier molecular flexibility index (Phi) is 13.9. The third-order valence-electron chi connectivity index (χ3n) is 7.06. The number of urea groups is 1. The fourth-order valence-corrected chi connectivity index (χ4v) is 4.70. The lowest BCUT2D eigenvalue weighted by atomic mass is 10.0. The van der Waals surface area contributed by atoms with Crippen LogP contribution < -0.4 is 32.8 Å². The zero-order valence-corrected chi connectivity index (χ0v) is 25.0. The first kappa shape index (κ1) is 34.6. The Hall–Kier alpha value is -4.64. The Morgan fingerprint density at radius 3 is 2.47 bits per heavy atom. The second-order valence-electron chi connectivity index (χ2n) is 10.5. The highest BCUT2D eigenvalue weighted by Gasteiger charge is 2.42. The summed E-state index contributed by atoms with van der Waals surface area (Å²) in [7, 11) is 0. The predicted octanol–water partition coefficient (Wildman–Crippen LogP) is -0.411. The van der Waals surface area contributed by atoms with E-state index < -0.39 is 35.8 Å². The Labute approximate surface area is 252 Å². The highest BCUT2D eigenvalue weighted by atomic mass is 16.2. The average molecular weight is 598 g/mol. The summed E-state index contributed by atoms with van der Waals surface area (Å²) >= 11 is 0. The van der Waals surface area contributed by atoms with Crippen LogP contribution in [-0.4, -0.2) is 88.7 Å². The van der Waals surface area contributed by atoms with Crippen LogP contribution in [0.1, 0.15) is 56.8 Å². The van der Waals surface area contributed by atoms with Gasteiger partial charge in [-0.15, -0.1) is 6.42 Å². The number of nitrogens with zero attached hydrogens (tertiary/aromatic N) is 3. The minimum Gasteiger partial charge on any atom is -0.403 e. The van der Waals surface area contributed by atoms with E-state index >= 15 is 0 Å². The van der Waals surface area contributed by atoms with Crippen LogP contribution in [0.3, 0.4) is 0 Å². The van der Waals surface area contributed by atoms with Crippen molar-refractivity contribution in [2.45, 2.75) is 64.6 Å². The molecule has 1 aliphatic heterocycles. The van der Waals surface area contributed by atoms with Crippen LogP contribution in [0.4, 0.5) is 4.79 Å². The number of aromatic nitrogens is 1. The fraction of sp³-hybridized carbons (Fsp3) is 0.517. The number of nitrogens with one attached hydrogen (secondary N) is 4. The van der Waals surface area contributed by atoms with E-state index in [2.05, 4.69) is 32.2 Å². The lowest BCUT2D eigenvalue weighted by molar-refractivity contribution is -0.138. The predicted molar refractivity (Wildman–Crippen MR) is 160 cm³/mol. The maximum atomic E-state index is 13.5. The first-order chi connectivity index (χ1) is 20.5. The maximum Gasteiger partial charge on any atom is 0.315 e. The van der Waals surface area contributed by atoms with Crippen LogP contribution in [0.15, 0.2) is 36.4 Å². The molecule has 14 heteroatoms. The number of hydrogen-bond acceptors (Lipinski definition) is 9. The van der Waals surface area contributed by atoms with Gasteiger partial charge < -0.3 is 36.9 Å². The highest BCUT2D eigenvalue weighted by Crippen LogP contribution is 2.26. The van der Waals surface area contributed by atoms with E-state index in [1.807, 2.05) is 13.8 Å². The number of likely N-dealkylation sites (tertiary alicyclic amines) is 1. The molecule has 0 aliphatic carbocycles. The lowest BCUT2D eigenvalue weighted by Gasteiger charge is -2.30. The molecule has 2 heterocycles. The van der Waals surface area contributed by atoms with Gasteiger partial charge in [-0.05, 0) is 44.2 Å². The number of allylic oxidation sites excluding steroid dienone is 1. The number of carbonyl (C=O) groups excluding carboxylic acids is 5. The van der Waals surface area contributed by atoms with Crippen LogP contribution in [0.5, 0.6) is 0 Å². The van der Waals surface area contributed by atoms with Crippen LogP contribution >= 0.6 is 0 Å². The van der Waals surface area contributed by atoms with E-state index in [0.29, 0.717) is 37.1 Å². The van der Waals surface area contributed by atoms with Gasteiger partial charge in [0, 0.05) is 49.4 Å². The average Bonchev–Trinajstić information content (AvgIpc) is 3.44. The molecule has 1 fully saturated rings. The van der Waals surface area contributed by atoms with Gasteiger partial charge in [-0.1, -0.05) is 19.8 Å². The van der Waals surface area contributed by atoms with Crippen molar-refractivity contribution in [2.24, 2.45) is 17.5 Å². The van der Waals surface area contributed by atoms with E-state index in [4.69, 9.17) is 18.0 Å². The lowest BCUT2D eigenvalue weighted by Crippen LogP contribution is -2.52. The number of rotatable bonds is 15. The smallest absolute Gasteiger partial charge is 0.315 e. The molecule has 43 heavy (non-hydrogen) atoms. The molecule has 5 amide bonds. The highest BCUT2D eigenvalue weighted by molar-refractivity contribution is 5.97. The first-order valence-electron chi connectivity index (χ1n) is 14.2. The second kappa shape index (κ2) is 17.3. The Balaban J connectivity index is 2.09. The molecule has 8 N–H and O–H groups in total. The van der Waals surface area contributed by atoms with E-state index in [-0.39, 0.29) is 43.8 Å². The van der Waals surface area contributed by atoms with E-state index in [0.717, 1.165) is 0 Å². The van der Waals surface area contributed by atoms with Gasteiger partial charge in [0.25, 0.3) is 5.91 Å². The summed E-state index contributed by atoms with van der Waals surface area (Å²) in [5.74, 6) is 7.02. The number of carbonyl (C=O) groups is 5. The summed E-state index contributed by atoms with van der Waals surface area (Å²) in [5, 5.41) is 12.0. The number of ketones is 1. The van der Waals surface area contributed by atoms with Gasteiger partial charge in [0.1, 0.15) is 6.04 Å². The third-order valence-corrected chi connectivity index (χ3v) is 7.06. The molecule has 0 bridgehead atoms. The zero-order valence-electron chi connectivity index (χ0n) is 25.0. The van der Waals surface area contributed by atoms with Crippen molar-refractivity contribution in [1.29, 1.82) is 0 Å². The number of hydrogen-bond donors (Lipinski definition) is 6. The number of Topliss-reactive ketones (excluding diaryl/α,β-unsaturated/α-hetero) is 1. The van der Waals surface area contributed by atoms with E-state index in [1.54, 1.807) is 0 Å². The quantitative estimate of drug-likeness (QED) is 0.0672. The molecule has 0 aromatic carbocycles. The molecule has 0 radical (unpaired) electrons. The number of terminal acetylenes is 1. The standard InChI is InChI=1S/C29H43N9O5/c1-5-11-33-29(43)34-12-7-6-8-23(20(4)39)36-28(42)24-15-22(38(31)25(16-30)19(2)3)18-37(24)26(40)17-35-27(41)21-9-13-32-14-10-21/h1,9-10,13-14,16,19,22-24H,6-8,11-12,15,17-18,30-31H2,2-4H3,(H,35,41)(H,36,42)(H2,33,34,43)/b25-16-. The van der Waals surface area contributed by atoms with Crippen molar-refractivity contribution in [3.05, 3.63) is 42.0 Å². The summed E-state index contributed by atoms with van der Waals surface area (Å²) in [6.45, 7) is 5.48. The monoisotopic (exact) mass is 597 g/mol. The first-order valence-corrected chi connectivity index (χ1v) is 14.2. The molecule has 1 aromatic rings. The summed E-state index contributed by atoms with van der Waals surface area (Å²) in [6.07, 6.45) is 11.1. The molecule has 3 atom stereocenters. The van der Waals surface area contributed by atoms with Crippen LogP contribution in [0, 0.1) is 18.3 Å². The van der Waals surface area contributed by atoms with Crippen molar-refractivity contribution in [3.63, 3.8) is 0 Å². The number of nitrogens with two attached hydrogens (primary N) is 2. The second-order valence-corrected chi connectivity index (χ2v) is 10.5. The Morgan fingerprint density at radius 1 is 1.16 bits per heavy atom. The van der Waals surface area contributed by atoms with Crippen molar-refractivity contribution < 1.29 is 24.0 Å². The third kappa shape index (κ3) is 10.6. The molecule has 0 spiro atoms. The summed E-state index contributed by atoms with van der Waals surface area (Å²) in [4.78, 5) is 68.6. The van der Waals surface area contributed by atoms with Gasteiger partial charge in [0.15, 0.2) is 5.78 Å². The molecule has 1 saturated heterocycles. The summed E-state index contributed by atoms with van der Waals surface area (Å²) in [5.41, 5.74) is 6.79.